The molecule has 0 amide bonds. The van der Waals surface area contributed by atoms with Crippen molar-refractivity contribution in [2.24, 2.45) is 0 Å². The highest BCUT2D eigenvalue weighted by Gasteiger charge is 2.10. The van der Waals surface area contributed by atoms with E-state index >= 15 is 0 Å². The third-order valence-corrected chi connectivity index (χ3v) is 1.91. The molecular formula is C11H14ClFO2. The van der Waals surface area contributed by atoms with Gasteiger partial charge in [-0.3, -0.25) is 4.79 Å². The monoisotopic (exact) mass is 232 g/mol. The molecule has 0 aliphatic rings. The average molecular weight is 233 g/mol. The van der Waals surface area contributed by atoms with E-state index in [9.17, 15) is 9.18 Å². The van der Waals surface area contributed by atoms with Crippen molar-refractivity contribution in [1.29, 1.82) is 0 Å². The van der Waals surface area contributed by atoms with E-state index in [-0.39, 0.29) is 24.2 Å². The van der Waals surface area contributed by atoms with Crippen LogP contribution in [0.1, 0.15) is 31.9 Å². The van der Waals surface area contributed by atoms with Crippen molar-refractivity contribution in [2.75, 3.05) is 0 Å². The Hall–Kier alpha value is -1.09. The van der Waals surface area contributed by atoms with Gasteiger partial charge in [0, 0.05) is 6.42 Å². The highest BCUT2D eigenvalue weighted by Crippen LogP contribution is 2.17. The van der Waals surface area contributed by atoms with Gasteiger partial charge in [-0.15, -0.1) is 12.4 Å². The molecule has 84 valence electrons. The van der Waals surface area contributed by atoms with Crippen molar-refractivity contribution in [3.8, 4) is 0 Å². The summed E-state index contributed by atoms with van der Waals surface area (Å²) in [4.78, 5) is 11.0. The Balaban J connectivity index is 0.00000196. The average Bonchev–Trinajstić information content (AvgIpc) is 2.17. The van der Waals surface area contributed by atoms with Crippen molar-refractivity contribution in [3.63, 3.8) is 0 Å². The van der Waals surface area contributed by atoms with Crippen LogP contribution in [0.25, 0.3) is 0 Å². The lowest BCUT2D eigenvalue weighted by Gasteiger charge is -2.12. The van der Waals surface area contributed by atoms with Gasteiger partial charge in [0.25, 0.3) is 0 Å². The van der Waals surface area contributed by atoms with Crippen LogP contribution in [-0.2, 0) is 9.53 Å². The van der Waals surface area contributed by atoms with Crippen LogP contribution in [-0.4, -0.2) is 5.97 Å². The summed E-state index contributed by atoms with van der Waals surface area (Å²) in [6.45, 7) is 3.45. The van der Waals surface area contributed by atoms with Crippen LogP contribution >= 0.6 is 12.4 Å². The number of benzene rings is 1. The fourth-order valence-corrected chi connectivity index (χ4v) is 1.11. The highest BCUT2D eigenvalue weighted by atomic mass is 35.5. The lowest BCUT2D eigenvalue weighted by molar-refractivity contribution is -0.148. The minimum Gasteiger partial charge on any atom is -0.458 e. The Morgan fingerprint density at radius 1 is 1.53 bits per heavy atom. The van der Waals surface area contributed by atoms with Crippen LogP contribution in [0.15, 0.2) is 24.3 Å². The molecule has 0 fully saturated rings. The van der Waals surface area contributed by atoms with Gasteiger partial charge in [0.15, 0.2) is 0 Å². The Morgan fingerprint density at radius 3 is 2.73 bits per heavy atom. The first-order valence-corrected chi connectivity index (χ1v) is 4.58. The third kappa shape index (κ3) is 4.30. The van der Waals surface area contributed by atoms with Crippen molar-refractivity contribution < 1.29 is 13.9 Å². The van der Waals surface area contributed by atoms with Crippen LogP contribution in [0.4, 0.5) is 4.39 Å². The Kier molecular flexibility index (Phi) is 5.94. The molecule has 0 spiro atoms. The Morgan fingerprint density at radius 2 is 2.20 bits per heavy atom. The molecule has 1 aromatic rings. The molecule has 2 nitrogen and oxygen atoms in total. The van der Waals surface area contributed by atoms with Crippen molar-refractivity contribution in [3.05, 3.63) is 35.6 Å². The first-order chi connectivity index (χ1) is 6.63. The molecular weight excluding hydrogens is 219 g/mol. The lowest BCUT2D eigenvalue weighted by atomic mass is 10.1. The molecule has 0 saturated carbocycles. The van der Waals surface area contributed by atoms with E-state index in [0.29, 0.717) is 12.0 Å². The second-order valence-electron chi connectivity index (χ2n) is 3.04. The van der Waals surface area contributed by atoms with E-state index in [0.717, 1.165) is 0 Å². The first kappa shape index (κ1) is 13.9. The fraction of sp³-hybridized carbons (Fsp3) is 0.364. The highest BCUT2D eigenvalue weighted by molar-refractivity contribution is 5.85. The standard InChI is InChI=1S/C11H13FO2.ClH/c1-3-11(13)14-8(2)9-5-4-6-10(12)7-9;/h4-8H,3H2,1-2H3;1H. The van der Waals surface area contributed by atoms with Crippen LogP contribution in [0, 0.1) is 5.82 Å². The zero-order chi connectivity index (χ0) is 10.6. The molecule has 0 aliphatic heterocycles. The number of hydrogen-bond acceptors (Lipinski definition) is 2. The number of halogens is 2. The largest absolute Gasteiger partial charge is 0.458 e. The molecule has 0 aromatic heterocycles. The SMILES string of the molecule is CCC(=O)OC(C)c1cccc(F)c1.Cl. The Labute approximate surface area is 94.8 Å². The van der Waals surface area contributed by atoms with Crippen LogP contribution < -0.4 is 0 Å². The van der Waals surface area contributed by atoms with Gasteiger partial charge < -0.3 is 4.74 Å². The number of carbonyl (C=O) groups is 1. The summed E-state index contributed by atoms with van der Waals surface area (Å²) >= 11 is 0. The minimum absolute atomic E-state index is 0. The number of carbonyl (C=O) groups excluding carboxylic acids is 1. The molecule has 0 heterocycles. The predicted molar refractivity (Wildman–Crippen MR) is 58.4 cm³/mol. The second-order valence-corrected chi connectivity index (χ2v) is 3.04. The normalized spacial score (nSPS) is 11.4. The molecule has 0 N–H and O–H groups in total. The van der Waals surface area contributed by atoms with E-state index in [1.54, 1.807) is 26.0 Å². The quantitative estimate of drug-likeness (QED) is 0.748. The third-order valence-electron chi connectivity index (χ3n) is 1.91. The van der Waals surface area contributed by atoms with E-state index in [1.807, 2.05) is 0 Å². The topological polar surface area (TPSA) is 26.3 Å². The van der Waals surface area contributed by atoms with Gasteiger partial charge in [0.05, 0.1) is 0 Å². The van der Waals surface area contributed by atoms with Crippen LogP contribution in [0.5, 0.6) is 0 Å². The molecule has 1 rings (SSSR count). The van der Waals surface area contributed by atoms with Gasteiger partial charge in [-0.25, -0.2) is 4.39 Å². The van der Waals surface area contributed by atoms with Gasteiger partial charge in [-0.2, -0.15) is 0 Å². The summed E-state index contributed by atoms with van der Waals surface area (Å²) in [5, 5.41) is 0. The van der Waals surface area contributed by atoms with Crippen molar-refractivity contribution in [2.45, 2.75) is 26.4 Å². The number of ether oxygens (including phenoxy) is 1. The van der Waals surface area contributed by atoms with Crippen molar-refractivity contribution >= 4 is 18.4 Å². The van der Waals surface area contributed by atoms with Crippen LogP contribution in [0.3, 0.4) is 0 Å². The van der Waals surface area contributed by atoms with Crippen LogP contribution in [0.2, 0.25) is 0 Å². The summed E-state index contributed by atoms with van der Waals surface area (Å²) in [7, 11) is 0. The van der Waals surface area contributed by atoms with E-state index < -0.39 is 6.10 Å². The minimum atomic E-state index is -0.391. The maximum Gasteiger partial charge on any atom is 0.306 e. The number of rotatable bonds is 3. The molecule has 0 aliphatic carbocycles. The van der Waals surface area contributed by atoms with Gasteiger partial charge in [0.2, 0.25) is 0 Å². The molecule has 0 saturated heterocycles. The van der Waals surface area contributed by atoms with E-state index in [1.165, 1.54) is 12.1 Å². The summed E-state index contributed by atoms with van der Waals surface area (Å²) in [6.07, 6.45) is -0.0576. The predicted octanol–water partition coefficient (Wildman–Crippen LogP) is 3.26. The number of esters is 1. The summed E-state index contributed by atoms with van der Waals surface area (Å²) < 4.78 is 17.8. The molecule has 4 heteroatoms. The maximum atomic E-state index is 12.8. The second kappa shape index (κ2) is 6.40. The zero-order valence-corrected chi connectivity index (χ0v) is 9.51. The Bertz CT molecular complexity index is 328. The molecule has 0 radical (unpaired) electrons. The first-order valence-electron chi connectivity index (χ1n) is 4.58. The fourth-order valence-electron chi connectivity index (χ4n) is 1.11. The summed E-state index contributed by atoms with van der Waals surface area (Å²) in [5.41, 5.74) is 0.673. The molecule has 1 atom stereocenters. The number of hydrogen-bond donors (Lipinski definition) is 0. The van der Waals surface area contributed by atoms with E-state index in [2.05, 4.69) is 0 Å². The summed E-state index contributed by atoms with van der Waals surface area (Å²) in [6, 6.07) is 6.06. The van der Waals surface area contributed by atoms with Gasteiger partial charge in [-0.1, -0.05) is 19.1 Å². The smallest absolute Gasteiger partial charge is 0.306 e. The molecule has 15 heavy (non-hydrogen) atoms. The molecule has 1 aromatic carbocycles. The lowest BCUT2D eigenvalue weighted by Crippen LogP contribution is -2.07. The maximum absolute atomic E-state index is 12.8. The van der Waals surface area contributed by atoms with Gasteiger partial charge in [0.1, 0.15) is 11.9 Å². The summed E-state index contributed by atoms with van der Waals surface area (Å²) in [5.74, 6) is -0.594. The van der Waals surface area contributed by atoms with E-state index in [4.69, 9.17) is 4.74 Å². The van der Waals surface area contributed by atoms with Gasteiger partial charge >= 0.3 is 5.97 Å². The molecule has 1 unspecified atom stereocenters. The molecule has 0 bridgehead atoms. The zero-order valence-electron chi connectivity index (χ0n) is 8.70. The van der Waals surface area contributed by atoms with Crippen molar-refractivity contribution in [1.82, 2.24) is 0 Å². The van der Waals surface area contributed by atoms with Gasteiger partial charge in [-0.05, 0) is 24.6 Å².